The topological polar surface area (TPSA) is 222 Å². The van der Waals surface area contributed by atoms with Crippen LogP contribution < -0.4 is 15.2 Å². The number of hydrogen-bond acceptors (Lipinski definition) is 14. The number of benzene rings is 2. The van der Waals surface area contributed by atoms with Gasteiger partial charge in [0.15, 0.2) is 0 Å². The van der Waals surface area contributed by atoms with Gasteiger partial charge in [0, 0.05) is 39.3 Å². The van der Waals surface area contributed by atoms with Gasteiger partial charge >= 0.3 is 24.6 Å². The minimum atomic E-state index is -1.37. The fourth-order valence-electron chi connectivity index (χ4n) is 4.75. The summed E-state index contributed by atoms with van der Waals surface area (Å²) in [5.41, 5.74) is 6.37. The second-order valence-electron chi connectivity index (χ2n) is 14.7. The van der Waals surface area contributed by atoms with Crippen molar-refractivity contribution in [3.05, 3.63) is 56.6 Å². The molecular formula is C35H50N2O14. The van der Waals surface area contributed by atoms with Crippen LogP contribution >= 0.6 is 0 Å². The van der Waals surface area contributed by atoms with Gasteiger partial charge in [0.2, 0.25) is 0 Å². The van der Waals surface area contributed by atoms with Gasteiger partial charge in [-0.15, -0.1) is 0 Å². The summed E-state index contributed by atoms with van der Waals surface area (Å²) in [6.45, 7) is 18.4. The summed E-state index contributed by atoms with van der Waals surface area (Å²) in [6, 6.07) is 6.15. The molecule has 284 valence electrons. The first kappa shape index (κ1) is 43.7. The molecule has 0 saturated heterocycles. The third-order valence-corrected chi connectivity index (χ3v) is 7.51. The lowest BCUT2D eigenvalue weighted by atomic mass is 9.78. The van der Waals surface area contributed by atoms with Crippen LogP contribution in [-0.4, -0.2) is 69.2 Å². The molecule has 16 nitrogen and oxygen atoms in total. The first-order valence-electron chi connectivity index (χ1n) is 15.6. The number of ether oxygens (including phenoxy) is 7. The molecule has 0 atom stereocenters. The predicted molar refractivity (Wildman–Crippen MR) is 186 cm³/mol. The van der Waals surface area contributed by atoms with Crippen molar-refractivity contribution < 1.29 is 62.4 Å². The molecule has 51 heavy (non-hydrogen) atoms. The van der Waals surface area contributed by atoms with E-state index in [1.165, 1.54) is 20.3 Å². The third kappa shape index (κ3) is 12.5. The van der Waals surface area contributed by atoms with Crippen LogP contribution in [0.4, 0.5) is 30.6 Å². The van der Waals surface area contributed by atoms with E-state index >= 15 is 0 Å². The number of carbonyl (C=O) groups is 4. The van der Waals surface area contributed by atoms with E-state index in [1.807, 2.05) is 47.6 Å². The summed E-state index contributed by atoms with van der Waals surface area (Å²) in [7, 11) is 3.52. The van der Waals surface area contributed by atoms with E-state index in [0.29, 0.717) is 22.4 Å². The van der Waals surface area contributed by atoms with Crippen LogP contribution in [0.25, 0.3) is 0 Å². The third-order valence-electron chi connectivity index (χ3n) is 7.51. The fourth-order valence-corrected chi connectivity index (χ4v) is 4.75. The summed E-state index contributed by atoms with van der Waals surface area (Å²) in [5.74, 6) is 0.173. The van der Waals surface area contributed by atoms with Crippen molar-refractivity contribution in [2.75, 3.05) is 40.3 Å². The highest BCUT2D eigenvalue weighted by Gasteiger charge is 2.35. The second-order valence-corrected chi connectivity index (χ2v) is 14.7. The molecule has 0 unspecified atom stereocenters. The molecule has 0 aliphatic heterocycles. The maximum Gasteiger partial charge on any atom is 0.513 e. The lowest BCUT2D eigenvalue weighted by Crippen LogP contribution is -2.28. The molecule has 0 radical (unpaired) electrons. The molecule has 3 N–H and O–H groups in total. The van der Waals surface area contributed by atoms with Gasteiger partial charge in [0.1, 0.15) is 24.7 Å². The minimum Gasteiger partial charge on any atom is -0.450 e. The molecule has 2 aromatic rings. The lowest BCUT2D eigenvalue weighted by Gasteiger charge is -2.30. The quantitative estimate of drug-likeness (QED) is 0.0629. The number of nitro groups is 1. The summed E-state index contributed by atoms with van der Waals surface area (Å²) >= 11 is 0. The first-order chi connectivity index (χ1) is 23.2. The average Bonchev–Trinajstić information content (AvgIpc) is 3.01. The molecule has 0 aliphatic carbocycles. The molecule has 0 spiro atoms. The molecule has 0 saturated carbocycles. The van der Waals surface area contributed by atoms with Crippen LogP contribution in [0.5, 0.6) is 11.5 Å². The smallest absolute Gasteiger partial charge is 0.450 e. The second kappa shape index (κ2) is 17.1. The van der Waals surface area contributed by atoms with Crippen LogP contribution in [0.15, 0.2) is 24.3 Å². The van der Waals surface area contributed by atoms with Crippen LogP contribution in [0, 0.1) is 10.1 Å². The fraction of sp³-hybridized carbons (Fsp3) is 0.543. The lowest BCUT2D eigenvalue weighted by molar-refractivity contribution is -0.386. The van der Waals surface area contributed by atoms with Crippen molar-refractivity contribution in [1.82, 2.24) is 0 Å². The standard InChI is InChI=1S/C18H25NO8.C17H25NO6/c1-17(2,3)11-8-12(18(4,5)10-26-15(20)24-6)14(27-16(21)25-7)9-13(11)19(22)23;1-16(2,3)10-7-11(17(4,5)9-23-14(19)20)13(8-12(10)18)24-15(21)22-6/h8-9H,10H2,1-7H3;7-8H,9,18H2,1-6H3,(H,19,20). The molecule has 0 aliphatic rings. The first-order valence-corrected chi connectivity index (χ1v) is 15.6. The highest BCUT2D eigenvalue weighted by Crippen LogP contribution is 2.42. The van der Waals surface area contributed by atoms with E-state index in [4.69, 9.17) is 29.8 Å². The predicted octanol–water partition coefficient (Wildman–Crippen LogP) is 7.78. The number of hydrogen-bond donors (Lipinski definition) is 2. The van der Waals surface area contributed by atoms with Gasteiger partial charge in [-0.05, 0) is 28.5 Å². The van der Waals surface area contributed by atoms with Crippen molar-refractivity contribution in [2.24, 2.45) is 0 Å². The van der Waals surface area contributed by atoms with Gasteiger partial charge in [-0.2, -0.15) is 0 Å². The van der Waals surface area contributed by atoms with Gasteiger partial charge < -0.3 is 44.0 Å². The zero-order chi connectivity index (χ0) is 39.7. The van der Waals surface area contributed by atoms with Gasteiger partial charge in [0.25, 0.3) is 5.69 Å². The SMILES string of the molecule is COC(=O)OCC(C)(C)c1cc(C(C)(C)C)c([N+](=O)[O-])cc1OC(=O)OC.COC(=O)Oc1cc(N)c(C(C)(C)C)cc1C(C)(C)COC(=O)O. The number of carboxylic acid groups (broad SMARTS) is 1. The number of anilines is 1. The summed E-state index contributed by atoms with van der Waals surface area (Å²) in [6.07, 6.45) is -4.13. The van der Waals surface area contributed by atoms with Crippen LogP contribution in [-0.2, 0) is 45.3 Å². The Labute approximate surface area is 297 Å². The molecule has 0 aromatic heterocycles. The number of nitrogens with two attached hydrogens (primary N) is 1. The Morgan fingerprint density at radius 1 is 0.647 bits per heavy atom. The summed E-state index contributed by atoms with van der Waals surface area (Å²) in [5, 5.41) is 20.3. The van der Waals surface area contributed by atoms with Gasteiger partial charge in [-0.1, -0.05) is 69.2 Å². The van der Waals surface area contributed by atoms with E-state index < -0.39 is 45.8 Å². The normalized spacial score (nSPS) is 11.6. The Bertz CT molecular complexity index is 1600. The number of nitro benzene ring substituents is 1. The van der Waals surface area contributed by atoms with E-state index in [-0.39, 0.29) is 35.8 Å². The molecule has 0 heterocycles. The van der Waals surface area contributed by atoms with E-state index in [0.717, 1.165) is 12.7 Å². The Kier molecular flexibility index (Phi) is 14.7. The minimum absolute atomic E-state index is 0.0417. The zero-order valence-corrected chi connectivity index (χ0v) is 31.5. The summed E-state index contributed by atoms with van der Waals surface area (Å²) in [4.78, 5) is 56.2. The maximum atomic E-state index is 11.6. The Morgan fingerprint density at radius 2 is 1.04 bits per heavy atom. The van der Waals surface area contributed by atoms with E-state index in [2.05, 4.69) is 14.2 Å². The highest BCUT2D eigenvalue weighted by molar-refractivity contribution is 5.68. The highest BCUT2D eigenvalue weighted by atomic mass is 16.7. The monoisotopic (exact) mass is 722 g/mol. The van der Waals surface area contributed by atoms with Crippen molar-refractivity contribution in [3.8, 4) is 11.5 Å². The molecule has 0 bridgehead atoms. The number of carbonyl (C=O) groups excluding carboxylic acids is 3. The largest absolute Gasteiger partial charge is 0.513 e. The van der Waals surface area contributed by atoms with Gasteiger partial charge in [0.05, 0.1) is 32.3 Å². The number of nitrogens with zero attached hydrogens (tertiary/aromatic N) is 1. The Morgan fingerprint density at radius 3 is 1.41 bits per heavy atom. The van der Waals surface area contributed by atoms with Crippen molar-refractivity contribution in [2.45, 2.75) is 90.9 Å². The van der Waals surface area contributed by atoms with Crippen molar-refractivity contribution in [3.63, 3.8) is 0 Å². The average molecular weight is 723 g/mol. The Balaban J connectivity index is 0.000000514. The molecular weight excluding hydrogens is 672 g/mol. The zero-order valence-electron chi connectivity index (χ0n) is 31.5. The van der Waals surface area contributed by atoms with Crippen LogP contribution in [0.1, 0.15) is 91.5 Å². The molecule has 16 heteroatoms. The van der Waals surface area contributed by atoms with Crippen molar-refractivity contribution >= 4 is 36.0 Å². The van der Waals surface area contributed by atoms with Gasteiger partial charge in [-0.3, -0.25) is 10.1 Å². The van der Waals surface area contributed by atoms with E-state index in [1.54, 1.807) is 39.8 Å². The van der Waals surface area contributed by atoms with Crippen LogP contribution in [0.3, 0.4) is 0 Å². The number of methoxy groups -OCH3 is 3. The number of rotatable bonds is 9. The molecule has 0 fully saturated rings. The number of nitrogen functional groups attached to an aromatic ring is 1. The molecule has 2 rings (SSSR count). The maximum absolute atomic E-state index is 11.6. The van der Waals surface area contributed by atoms with E-state index in [9.17, 15) is 29.3 Å². The van der Waals surface area contributed by atoms with Crippen LogP contribution in [0.2, 0.25) is 0 Å². The molecule has 0 amide bonds. The Hall–Kier alpha value is -5.28. The van der Waals surface area contributed by atoms with Crippen molar-refractivity contribution in [1.29, 1.82) is 0 Å². The van der Waals surface area contributed by atoms with Gasteiger partial charge in [-0.25, -0.2) is 19.2 Å². The molecule has 2 aromatic carbocycles. The summed E-state index contributed by atoms with van der Waals surface area (Å²) < 4.78 is 33.6.